The van der Waals surface area contributed by atoms with E-state index in [1.165, 1.54) is 15.4 Å². The molecule has 0 saturated heterocycles. The van der Waals surface area contributed by atoms with E-state index in [1.54, 1.807) is 25.2 Å². The van der Waals surface area contributed by atoms with Gasteiger partial charge in [-0.2, -0.15) is 4.31 Å². The summed E-state index contributed by atoms with van der Waals surface area (Å²) in [6.07, 6.45) is 1.35. The van der Waals surface area contributed by atoms with Crippen LogP contribution in [0.2, 0.25) is 0 Å². The van der Waals surface area contributed by atoms with Gasteiger partial charge in [0.05, 0.1) is 24.2 Å². The van der Waals surface area contributed by atoms with E-state index in [-0.39, 0.29) is 6.10 Å². The van der Waals surface area contributed by atoms with Crippen LogP contribution in [0.3, 0.4) is 0 Å². The fourth-order valence-electron chi connectivity index (χ4n) is 3.41. The Balaban J connectivity index is 1.50. The van der Waals surface area contributed by atoms with Crippen LogP contribution in [0.5, 0.6) is 5.75 Å². The fraction of sp³-hybridized carbons (Fsp3) is 0.368. The van der Waals surface area contributed by atoms with E-state index in [0.717, 1.165) is 24.2 Å². The average molecular weight is 359 g/mol. The summed E-state index contributed by atoms with van der Waals surface area (Å²) < 4.78 is 38.5. The molecule has 0 radical (unpaired) electrons. The zero-order chi connectivity index (χ0) is 17.4. The quantitative estimate of drug-likeness (QED) is 0.841. The molecular formula is C19H21NO4S. The Morgan fingerprint density at radius 1 is 1.12 bits per heavy atom. The lowest BCUT2D eigenvalue weighted by Crippen LogP contribution is -2.38. The zero-order valence-corrected chi connectivity index (χ0v) is 15.0. The fourth-order valence-corrected chi connectivity index (χ4v) is 4.67. The summed E-state index contributed by atoms with van der Waals surface area (Å²) in [6.45, 7) is 1.49. The number of nitrogens with zero attached hydrogens (tertiary/aromatic N) is 1. The summed E-state index contributed by atoms with van der Waals surface area (Å²) in [5.41, 5.74) is 3.37. The second kappa shape index (κ2) is 6.44. The molecule has 6 heteroatoms. The topological polar surface area (TPSA) is 55.8 Å². The Hall–Kier alpha value is -1.89. The van der Waals surface area contributed by atoms with Gasteiger partial charge in [-0.25, -0.2) is 8.42 Å². The lowest BCUT2D eigenvalue weighted by Gasteiger charge is -2.28. The molecule has 1 atom stereocenters. The molecule has 2 aromatic rings. The van der Waals surface area contributed by atoms with Crippen LogP contribution in [0, 0.1) is 0 Å². The first-order valence-electron chi connectivity index (χ1n) is 8.44. The summed E-state index contributed by atoms with van der Waals surface area (Å²) in [5, 5.41) is 0. The maximum atomic E-state index is 12.9. The number of benzene rings is 2. The molecule has 0 aliphatic carbocycles. The minimum Gasteiger partial charge on any atom is -0.493 e. The van der Waals surface area contributed by atoms with Crippen LogP contribution in [0.25, 0.3) is 0 Å². The molecule has 0 aromatic heterocycles. The lowest BCUT2D eigenvalue weighted by molar-refractivity contribution is 0.0202. The molecule has 0 N–H and O–H groups in total. The minimum atomic E-state index is -3.54. The first-order chi connectivity index (χ1) is 12.0. The van der Waals surface area contributed by atoms with E-state index in [4.69, 9.17) is 9.47 Å². The third-order valence-corrected chi connectivity index (χ3v) is 6.69. The smallest absolute Gasteiger partial charge is 0.242 e. The normalized spacial score (nSPS) is 19.4. The van der Waals surface area contributed by atoms with Crippen molar-refractivity contribution in [2.75, 3.05) is 20.2 Å². The molecule has 2 aliphatic rings. The zero-order valence-electron chi connectivity index (χ0n) is 14.1. The van der Waals surface area contributed by atoms with Crippen LogP contribution in [0.15, 0.2) is 47.4 Å². The Morgan fingerprint density at radius 3 is 2.76 bits per heavy atom. The first kappa shape index (κ1) is 16.6. The number of ether oxygens (including phenoxy) is 2. The summed E-state index contributed by atoms with van der Waals surface area (Å²) in [5.74, 6) is 0.786. The summed E-state index contributed by atoms with van der Waals surface area (Å²) in [7, 11) is -1.93. The average Bonchev–Trinajstić information content (AvgIpc) is 3.09. The highest BCUT2D eigenvalue weighted by atomic mass is 32.2. The first-order valence-corrected chi connectivity index (χ1v) is 9.88. The maximum absolute atomic E-state index is 12.9. The number of sulfonamides is 1. The van der Waals surface area contributed by atoms with Crippen molar-refractivity contribution in [2.45, 2.75) is 30.4 Å². The third-order valence-electron chi connectivity index (χ3n) is 4.87. The van der Waals surface area contributed by atoms with Gasteiger partial charge in [0.2, 0.25) is 10.0 Å². The minimum absolute atomic E-state index is 0.132. The molecule has 0 fully saturated rings. The maximum Gasteiger partial charge on any atom is 0.242 e. The van der Waals surface area contributed by atoms with E-state index in [1.807, 2.05) is 12.1 Å². The highest BCUT2D eigenvalue weighted by Gasteiger charge is 2.28. The molecule has 0 bridgehead atoms. The van der Waals surface area contributed by atoms with Crippen molar-refractivity contribution < 1.29 is 17.9 Å². The van der Waals surface area contributed by atoms with Gasteiger partial charge < -0.3 is 9.47 Å². The molecule has 0 amide bonds. The van der Waals surface area contributed by atoms with E-state index >= 15 is 0 Å². The Morgan fingerprint density at radius 2 is 1.92 bits per heavy atom. The summed E-state index contributed by atoms with van der Waals surface area (Å²) >= 11 is 0. The molecule has 1 unspecified atom stereocenters. The largest absolute Gasteiger partial charge is 0.493 e. The van der Waals surface area contributed by atoms with E-state index < -0.39 is 10.0 Å². The Labute approximate surface area is 148 Å². The Bertz CT molecular complexity index is 894. The molecule has 5 nitrogen and oxygen atoms in total. The second-order valence-electron chi connectivity index (χ2n) is 6.56. The predicted molar refractivity (Wildman–Crippen MR) is 94.2 cm³/mol. The van der Waals surface area contributed by atoms with Crippen molar-refractivity contribution in [3.05, 3.63) is 59.2 Å². The van der Waals surface area contributed by atoms with Gasteiger partial charge >= 0.3 is 0 Å². The van der Waals surface area contributed by atoms with Crippen molar-refractivity contribution >= 4 is 10.0 Å². The highest BCUT2D eigenvalue weighted by molar-refractivity contribution is 7.89. The van der Waals surface area contributed by atoms with Crippen molar-refractivity contribution in [3.63, 3.8) is 0 Å². The summed E-state index contributed by atoms with van der Waals surface area (Å²) in [4.78, 5) is 0.315. The van der Waals surface area contributed by atoms with Crippen molar-refractivity contribution in [3.8, 4) is 5.75 Å². The second-order valence-corrected chi connectivity index (χ2v) is 8.60. The molecule has 2 aliphatic heterocycles. The Kier molecular flexibility index (Phi) is 4.27. The van der Waals surface area contributed by atoms with E-state index in [9.17, 15) is 8.42 Å². The molecule has 2 aromatic carbocycles. The number of hydrogen-bond donors (Lipinski definition) is 0. The van der Waals surface area contributed by atoms with Gasteiger partial charge in [-0.15, -0.1) is 0 Å². The molecule has 0 spiro atoms. The SMILES string of the molecule is CN(CC1Cc2ccccc2CO1)S(=O)(=O)c1ccc2c(c1)CCO2. The molecule has 132 valence electrons. The van der Waals surface area contributed by atoms with Gasteiger partial charge in [0.15, 0.2) is 0 Å². The van der Waals surface area contributed by atoms with Gasteiger partial charge in [-0.3, -0.25) is 0 Å². The highest BCUT2D eigenvalue weighted by Crippen LogP contribution is 2.29. The van der Waals surface area contributed by atoms with Crippen LogP contribution in [-0.2, 0) is 34.2 Å². The number of likely N-dealkylation sites (N-methyl/N-ethyl adjacent to an activating group) is 1. The van der Waals surface area contributed by atoms with E-state index in [0.29, 0.717) is 24.7 Å². The van der Waals surface area contributed by atoms with Crippen LogP contribution in [-0.4, -0.2) is 39.0 Å². The van der Waals surface area contributed by atoms with E-state index in [2.05, 4.69) is 12.1 Å². The summed E-state index contributed by atoms with van der Waals surface area (Å²) in [6, 6.07) is 13.2. The van der Waals surface area contributed by atoms with Crippen molar-refractivity contribution in [1.82, 2.24) is 4.31 Å². The monoisotopic (exact) mass is 359 g/mol. The van der Waals surface area contributed by atoms with Crippen LogP contribution in [0.1, 0.15) is 16.7 Å². The molecule has 0 saturated carbocycles. The van der Waals surface area contributed by atoms with Gasteiger partial charge in [-0.1, -0.05) is 24.3 Å². The van der Waals surface area contributed by atoms with Crippen molar-refractivity contribution in [2.24, 2.45) is 0 Å². The number of rotatable bonds is 4. The molecule has 25 heavy (non-hydrogen) atoms. The standard InChI is InChI=1S/C19H21NO4S/c1-20(12-17-10-14-4-2-3-5-16(14)13-24-17)25(21,22)18-6-7-19-15(11-18)8-9-23-19/h2-7,11,17H,8-10,12-13H2,1H3. The molecular weight excluding hydrogens is 338 g/mol. The van der Waals surface area contributed by atoms with Gasteiger partial charge in [-0.05, 0) is 34.9 Å². The molecule has 4 rings (SSSR count). The van der Waals surface area contributed by atoms with Gasteiger partial charge in [0.1, 0.15) is 5.75 Å². The van der Waals surface area contributed by atoms with Crippen LogP contribution in [0.4, 0.5) is 0 Å². The van der Waals surface area contributed by atoms with Crippen molar-refractivity contribution in [1.29, 1.82) is 0 Å². The van der Waals surface area contributed by atoms with Crippen LogP contribution >= 0.6 is 0 Å². The van der Waals surface area contributed by atoms with Gasteiger partial charge in [0, 0.05) is 26.4 Å². The third kappa shape index (κ3) is 3.17. The number of hydrogen-bond acceptors (Lipinski definition) is 4. The van der Waals surface area contributed by atoms with Crippen LogP contribution < -0.4 is 4.74 Å². The lowest BCUT2D eigenvalue weighted by atomic mass is 9.99. The van der Waals surface area contributed by atoms with Gasteiger partial charge in [0.25, 0.3) is 0 Å². The predicted octanol–water partition coefficient (Wildman–Crippen LogP) is 2.38. The number of fused-ring (bicyclic) bond motifs is 2. The molecule has 2 heterocycles.